The molecular formula is C55H85BrF2N6O12. The number of alkyl halides is 1. The van der Waals surface area contributed by atoms with Gasteiger partial charge in [0.15, 0.2) is 12.6 Å². The molecule has 5 heterocycles. The van der Waals surface area contributed by atoms with Gasteiger partial charge < -0.3 is 63.8 Å². The number of rotatable bonds is 15. The highest BCUT2D eigenvalue weighted by atomic mass is 79.9. The normalized spacial score (nSPS) is 38.1. The highest BCUT2D eigenvalue weighted by Gasteiger charge is 2.53. The van der Waals surface area contributed by atoms with Crippen LogP contribution < -0.4 is 0 Å². The first-order chi connectivity index (χ1) is 35.6. The summed E-state index contributed by atoms with van der Waals surface area (Å²) in [5.41, 5.74) is -2.17. The quantitative estimate of drug-likeness (QED) is 0.0893. The van der Waals surface area contributed by atoms with Crippen molar-refractivity contribution in [3.8, 4) is 11.1 Å². The molecule has 18 nitrogen and oxygen atoms in total. The van der Waals surface area contributed by atoms with Crippen LogP contribution in [-0.2, 0) is 46.1 Å². The first-order valence-corrected chi connectivity index (χ1v) is 27.6. The van der Waals surface area contributed by atoms with E-state index in [2.05, 4.69) is 31.2 Å². The number of nitrogens with zero attached hydrogens (tertiary/aromatic N) is 6. The standard InChI is InChI=1S/C55H85BrF2N6O12/c1-14-43-55(10,70)47(66)34(6)63(12)28-30(2)24-53(8,69)49(32(4)46(33(5)51(68)74-43)75-44-25-54(9,71-13)48(67)35(7)73-44)76-52-45(65)42(21-31(3)72-52)62(11)20-19-39-29-64(61-60-39)40(26-57)22-36-15-17-37(18-16-36)41-23-38(56)27-59-50(41)58/h15-18,23,27,29-35,40,42-49,52,65-67,69-70H,14,19-22,24-26,28H2,1-13H3/t30-,31-,32+,33-,34-,35+,40+,42+,43-,44+,45-,46+,47-,48+,49-,52+,53-,54-,55-/m1/s1. The van der Waals surface area contributed by atoms with Gasteiger partial charge in [0.25, 0.3) is 0 Å². The number of carbonyl (C=O) groups excluding carboxylic acids is 1. The van der Waals surface area contributed by atoms with Gasteiger partial charge >= 0.3 is 5.97 Å². The minimum Gasteiger partial charge on any atom is -0.459 e. The van der Waals surface area contributed by atoms with Crippen molar-refractivity contribution >= 4 is 21.9 Å². The van der Waals surface area contributed by atoms with Gasteiger partial charge in [-0.2, -0.15) is 4.39 Å². The Kier molecular flexibility index (Phi) is 21.2. The van der Waals surface area contributed by atoms with E-state index >= 15 is 0 Å². The summed E-state index contributed by atoms with van der Waals surface area (Å²) in [4.78, 5) is 22.2. The molecule has 3 fully saturated rings. The average molecular weight is 1140 g/mol. The molecule has 2 aromatic heterocycles. The number of carbonyl (C=O) groups is 1. The number of likely N-dealkylation sites (N-methyl/N-ethyl adjacent to an activating group) is 2. The van der Waals surface area contributed by atoms with E-state index in [9.17, 15) is 39.1 Å². The fourth-order valence-electron chi connectivity index (χ4n) is 11.7. The molecule has 1 aromatic carbocycles. The van der Waals surface area contributed by atoms with Crippen molar-refractivity contribution in [1.29, 1.82) is 0 Å². The number of pyridine rings is 1. The van der Waals surface area contributed by atoms with Crippen molar-refractivity contribution < 1.29 is 67.5 Å². The van der Waals surface area contributed by atoms with Crippen LogP contribution in [0.3, 0.4) is 0 Å². The Morgan fingerprint density at radius 1 is 1.00 bits per heavy atom. The topological polar surface area (TPSA) is 224 Å². The van der Waals surface area contributed by atoms with Gasteiger partial charge in [-0.05, 0) is 127 Å². The van der Waals surface area contributed by atoms with E-state index in [1.807, 2.05) is 49.9 Å². The van der Waals surface area contributed by atoms with Gasteiger partial charge in [0.1, 0.15) is 36.7 Å². The fraction of sp³-hybridized carbons (Fsp3) is 0.745. The number of halogens is 3. The maximum Gasteiger partial charge on any atom is 0.311 e. The summed E-state index contributed by atoms with van der Waals surface area (Å²) < 4.78 is 69.5. The highest BCUT2D eigenvalue weighted by Crippen LogP contribution is 2.40. The number of aliphatic hydroxyl groups excluding tert-OH is 3. The monoisotopic (exact) mass is 1140 g/mol. The molecule has 0 spiro atoms. The van der Waals surface area contributed by atoms with Gasteiger partial charge in [0, 0.05) is 73.5 Å². The third-order valence-electron chi connectivity index (χ3n) is 16.5. The van der Waals surface area contributed by atoms with Crippen LogP contribution in [-0.4, -0.2) is 193 Å². The molecule has 0 saturated carbocycles. The number of hydrogen-bond donors (Lipinski definition) is 5. The molecule has 19 atom stereocenters. The predicted octanol–water partition coefficient (Wildman–Crippen LogP) is 5.82. The Balaban J connectivity index is 1.23. The number of hydrogen-bond acceptors (Lipinski definition) is 17. The van der Waals surface area contributed by atoms with Crippen molar-refractivity contribution in [3.05, 3.63) is 64.4 Å². The van der Waals surface area contributed by atoms with Crippen LogP contribution in [0.1, 0.15) is 112 Å². The van der Waals surface area contributed by atoms with Gasteiger partial charge in [-0.3, -0.25) is 4.79 Å². The fourth-order valence-corrected chi connectivity index (χ4v) is 12.0. The van der Waals surface area contributed by atoms with Crippen LogP contribution in [0, 0.1) is 23.7 Å². The molecule has 0 bridgehead atoms. The smallest absolute Gasteiger partial charge is 0.311 e. The molecular weight excluding hydrogens is 1050 g/mol. The third-order valence-corrected chi connectivity index (χ3v) is 16.9. The van der Waals surface area contributed by atoms with Crippen molar-refractivity contribution in [3.63, 3.8) is 0 Å². The average Bonchev–Trinajstić information content (AvgIpc) is 3.85. The molecule has 0 radical (unpaired) electrons. The summed E-state index contributed by atoms with van der Waals surface area (Å²) in [6.45, 7) is 17.5. The van der Waals surface area contributed by atoms with Crippen LogP contribution in [0.5, 0.6) is 0 Å². The minimum atomic E-state index is -1.86. The maximum atomic E-state index is 14.6. The zero-order valence-electron chi connectivity index (χ0n) is 46.6. The van der Waals surface area contributed by atoms with Crippen molar-refractivity contribution in [2.24, 2.45) is 17.8 Å². The number of methoxy groups -OCH3 is 1. The summed E-state index contributed by atoms with van der Waals surface area (Å²) >= 11 is 3.34. The van der Waals surface area contributed by atoms with Gasteiger partial charge in [0.2, 0.25) is 5.95 Å². The molecule has 3 aromatic rings. The Labute approximate surface area is 455 Å². The van der Waals surface area contributed by atoms with E-state index in [4.69, 9.17) is 28.4 Å². The third kappa shape index (κ3) is 14.4. The van der Waals surface area contributed by atoms with Crippen molar-refractivity contribution in [2.45, 2.75) is 204 Å². The van der Waals surface area contributed by atoms with E-state index in [1.54, 1.807) is 72.9 Å². The number of benzene rings is 1. The summed E-state index contributed by atoms with van der Waals surface area (Å²) in [6, 6.07) is 7.14. The first kappa shape index (κ1) is 62.0. The van der Waals surface area contributed by atoms with Crippen molar-refractivity contribution in [2.75, 3.05) is 41.0 Å². The molecule has 76 heavy (non-hydrogen) atoms. The number of esters is 1. The van der Waals surface area contributed by atoms with Gasteiger partial charge in [0.05, 0.1) is 53.3 Å². The zero-order valence-corrected chi connectivity index (χ0v) is 48.1. The molecule has 0 aliphatic carbocycles. The lowest BCUT2D eigenvalue weighted by atomic mass is 9.77. The molecule has 3 aliphatic heterocycles. The Morgan fingerprint density at radius 3 is 2.33 bits per heavy atom. The zero-order chi connectivity index (χ0) is 56.2. The van der Waals surface area contributed by atoms with Crippen LogP contribution in [0.4, 0.5) is 8.78 Å². The van der Waals surface area contributed by atoms with Crippen LogP contribution in [0.25, 0.3) is 11.1 Å². The number of aromatic nitrogens is 4. The van der Waals surface area contributed by atoms with Gasteiger partial charge in [-0.25, -0.2) is 14.1 Å². The van der Waals surface area contributed by atoms with Crippen molar-refractivity contribution in [1.82, 2.24) is 29.8 Å². The van der Waals surface area contributed by atoms with E-state index in [-0.39, 0.29) is 25.2 Å². The summed E-state index contributed by atoms with van der Waals surface area (Å²) in [7, 11) is 5.19. The minimum absolute atomic E-state index is 0.0789. The molecule has 6 rings (SSSR count). The summed E-state index contributed by atoms with van der Waals surface area (Å²) in [5, 5.41) is 68.5. The molecule has 5 N–H and O–H groups in total. The Bertz CT molecular complexity index is 2340. The second-order valence-electron chi connectivity index (χ2n) is 22.8. The molecule has 0 amide bonds. The predicted molar refractivity (Wildman–Crippen MR) is 283 cm³/mol. The first-order valence-electron chi connectivity index (χ1n) is 26.8. The molecule has 21 heteroatoms. The Hall–Kier alpha value is -3.16. The second-order valence-corrected chi connectivity index (χ2v) is 23.7. The summed E-state index contributed by atoms with van der Waals surface area (Å²) in [5.74, 6) is -3.49. The SMILES string of the molecule is CC[C@H]1OC(=O)[C@H](C)[C@@H](O[C@H]2C[C@@](C)(OC)[C@@H](O)[C@H](C)O2)[C@H](C)[C@@H](O[C@@H]2O[C@H](C)C[C@H](N(C)CCc3cn([C@H](CF)Cc4ccc(-c5cc(Br)cnc5F)cc4)nn3)[C@H]2O)[C@](C)(O)C[C@@H](C)CN(C)[C@H](C)[C@@H](O)[C@]1(C)O. The molecule has 0 unspecified atom stereocenters. The molecule has 3 aliphatic rings. The van der Waals surface area contributed by atoms with Gasteiger partial charge in [-0.1, -0.05) is 50.3 Å². The molecule has 428 valence electrons. The van der Waals surface area contributed by atoms with Gasteiger partial charge in [-0.15, -0.1) is 5.10 Å². The lowest BCUT2D eigenvalue weighted by Gasteiger charge is -2.49. The maximum absolute atomic E-state index is 14.6. The van der Waals surface area contributed by atoms with E-state index in [1.165, 1.54) is 24.9 Å². The molecule has 3 saturated heterocycles. The van der Waals surface area contributed by atoms with Crippen LogP contribution in [0.15, 0.2) is 47.2 Å². The largest absolute Gasteiger partial charge is 0.459 e. The highest BCUT2D eigenvalue weighted by molar-refractivity contribution is 9.10. The van der Waals surface area contributed by atoms with Crippen LogP contribution >= 0.6 is 15.9 Å². The number of ether oxygens (including phenoxy) is 6. The van der Waals surface area contributed by atoms with E-state index < -0.39 is 127 Å². The Morgan fingerprint density at radius 2 is 1.68 bits per heavy atom. The lowest BCUT2D eigenvalue weighted by Crippen LogP contribution is -2.61. The number of aliphatic hydroxyl groups is 5. The second kappa shape index (κ2) is 26.0. The number of cyclic esters (lactones) is 1. The van der Waals surface area contributed by atoms with E-state index in [0.29, 0.717) is 53.6 Å². The van der Waals surface area contributed by atoms with Crippen LogP contribution in [0.2, 0.25) is 0 Å². The van der Waals surface area contributed by atoms with E-state index in [0.717, 1.165) is 5.56 Å². The summed E-state index contributed by atoms with van der Waals surface area (Å²) in [6.07, 6.45) is -5.68. The lowest BCUT2D eigenvalue weighted by molar-refractivity contribution is -0.318.